The minimum absolute atomic E-state index is 0.0203. The van der Waals surface area contributed by atoms with Gasteiger partial charge in [0.2, 0.25) is 5.91 Å². The van der Waals surface area contributed by atoms with Gasteiger partial charge in [-0.3, -0.25) is 4.79 Å². The van der Waals surface area contributed by atoms with E-state index >= 15 is 0 Å². The molecule has 110 valence electrons. The molecule has 1 atom stereocenters. The van der Waals surface area contributed by atoms with Crippen molar-refractivity contribution < 1.29 is 22.7 Å². The van der Waals surface area contributed by atoms with Gasteiger partial charge in [-0.15, -0.1) is 13.2 Å². The Hall–Kier alpha value is -1.44. The predicted octanol–water partition coefficient (Wildman–Crippen LogP) is 3.04. The van der Waals surface area contributed by atoms with Crippen LogP contribution in [0.25, 0.3) is 0 Å². The van der Waals surface area contributed by atoms with E-state index in [2.05, 4.69) is 31.3 Å². The number of hydrogen-bond donors (Lipinski definition) is 2. The van der Waals surface area contributed by atoms with Crippen LogP contribution in [0.3, 0.4) is 0 Å². The molecule has 0 saturated carbocycles. The van der Waals surface area contributed by atoms with E-state index < -0.39 is 6.36 Å². The van der Waals surface area contributed by atoms with Crippen LogP contribution in [0.2, 0.25) is 0 Å². The molecule has 4 nitrogen and oxygen atoms in total. The van der Waals surface area contributed by atoms with Gasteiger partial charge in [0.15, 0.2) is 0 Å². The van der Waals surface area contributed by atoms with Crippen molar-refractivity contribution in [2.24, 2.45) is 0 Å². The largest absolute Gasteiger partial charge is 0.573 e. The first-order valence-electron chi connectivity index (χ1n) is 5.92. The first-order chi connectivity index (χ1) is 9.33. The van der Waals surface area contributed by atoms with E-state index in [0.717, 1.165) is 6.42 Å². The summed E-state index contributed by atoms with van der Waals surface area (Å²) in [5.41, 5.74) is 0.646. The lowest BCUT2D eigenvalue weighted by atomic mass is 10.2. The van der Waals surface area contributed by atoms with E-state index in [-0.39, 0.29) is 22.2 Å². The van der Waals surface area contributed by atoms with Gasteiger partial charge in [-0.05, 0) is 40.5 Å². The molecule has 1 fully saturated rings. The monoisotopic (exact) mass is 352 g/mol. The second kappa shape index (κ2) is 5.90. The van der Waals surface area contributed by atoms with Crippen LogP contribution in [0.1, 0.15) is 12.8 Å². The van der Waals surface area contributed by atoms with E-state index in [1.807, 2.05) is 0 Å². The molecule has 0 aromatic heterocycles. The second-order valence-corrected chi connectivity index (χ2v) is 5.23. The van der Waals surface area contributed by atoms with Crippen LogP contribution in [0.5, 0.6) is 5.75 Å². The molecule has 2 rings (SSSR count). The molecular weight excluding hydrogens is 341 g/mol. The third-order valence-corrected chi connectivity index (χ3v) is 3.41. The van der Waals surface area contributed by atoms with Crippen molar-refractivity contribution in [3.8, 4) is 5.75 Å². The van der Waals surface area contributed by atoms with Gasteiger partial charge in [0.05, 0.1) is 4.47 Å². The van der Waals surface area contributed by atoms with Crippen molar-refractivity contribution in [2.75, 3.05) is 11.9 Å². The number of ether oxygens (including phenoxy) is 1. The fourth-order valence-corrected chi connectivity index (χ4v) is 2.35. The summed E-state index contributed by atoms with van der Waals surface area (Å²) in [5, 5.41) is 5.85. The molecule has 2 N–H and O–H groups in total. The molecule has 1 unspecified atom stereocenters. The van der Waals surface area contributed by atoms with Crippen molar-refractivity contribution in [3.05, 3.63) is 22.7 Å². The number of carbonyl (C=O) groups is 1. The van der Waals surface area contributed by atoms with Crippen LogP contribution in [0, 0.1) is 0 Å². The molecule has 1 aromatic carbocycles. The normalized spacial score (nSPS) is 18.8. The maximum absolute atomic E-state index is 12.1. The topological polar surface area (TPSA) is 50.4 Å². The molecule has 0 radical (unpaired) electrons. The van der Waals surface area contributed by atoms with E-state index in [0.29, 0.717) is 18.7 Å². The summed E-state index contributed by atoms with van der Waals surface area (Å²) in [6, 6.07) is 4.26. The lowest BCUT2D eigenvalue weighted by molar-refractivity contribution is -0.274. The molecule has 1 heterocycles. The number of carbonyl (C=O) groups excluding carboxylic acids is 1. The van der Waals surface area contributed by atoms with Crippen molar-refractivity contribution in [2.45, 2.75) is 25.2 Å². The van der Waals surface area contributed by atoms with Gasteiger partial charge in [0, 0.05) is 24.7 Å². The summed E-state index contributed by atoms with van der Waals surface area (Å²) in [6.45, 7) is 0.525. The van der Waals surface area contributed by atoms with Crippen LogP contribution in [-0.4, -0.2) is 24.9 Å². The summed E-state index contributed by atoms with van der Waals surface area (Å²) in [6.07, 6.45) is -3.46. The van der Waals surface area contributed by atoms with Gasteiger partial charge in [-0.1, -0.05) is 0 Å². The molecule has 1 aliphatic rings. The quantitative estimate of drug-likeness (QED) is 0.875. The molecule has 0 aliphatic carbocycles. The number of benzene rings is 1. The van der Waals surface area contributed by atoms with Crippen LogP contribution < -0.4 is 15.4 Å². The van der Waals surface area contributed by atoms with Gasteiger partial charge >= 0.3 is 6.36 Å². The average molecular weight is 353 g/mol. The number of nitrogens with one attached hydrogen (secondary N) is 2. The fraction of sp³-hybridized carbons (Fsp3) is 0.417. The standard InChI is InChI=1S/C12H12BrF3N2O2/c13-9-5-7(1-3-10(9)20-12(14,15)16)17-6-8-2-4-11(19)18-8/h1,3,5,8,17H,2,4,6H2,(H,18,19). The number of hydrogen-bond acceptors (Lipinski definition) is 3. The maximum atomic E-state index is 12.1. The highest BCUT2D eigenvalue weighted by Gasteiger charge is 2.32. The van der Waals surface area contributed by atoms with Crippen molar-refractivity contribution >= 4 is 27.5 Å². The Morgan fingerprint density at radius 2 is 2.20 bits per heavy atom. The third-order valence-electron chi connectivity index (χ3n) is 2.80. The predicted molar refractivity (Wildman–Crippen MR) is 70.5 cm³/mol. The fourth-order valence-electron chi connectivity index (χ4n) is 1.89. The lowest BCUT2D eigenvalue weighted by Gasteiger charge is -2.14. The Kier molecular flexibility index (Phi) is 4.42. The molecule has 1 aromatic rings. The Morgan fingerprint density at radius 1 is 1.45 bits per heavy atom. The zero-order chi connectivity index (χ0) is 14.8. The Balaban J connectivity index is 1.93. The second-order valence-electron chi connectivity index (χ2n) is 4.38. The van der Waals surface area contributed by atoms with Crippen LogP contribution in [0.15, 0.2) is 22.7 Å². The van der Waals surface area contributed by atoms with Crippen molar-refractivity contribution in [1.82, 2.24) is 5.32 Å². The molecule has 0 bridgehead atoms. The summed E-state index contributed by atoms with van der Waals surface area (Å²) in [7, 11) is 0. The Morgan fingerprint density at radius 3 is 2.75 bits per heavy atom. The van der Waals surface area contributed by atoms with Crippen molar-refractivity contribution in [3.63, 3.8) is 0 Å². The van der Waals surface area contributed by atoms with E-state index in [9.17, 15) is 18.0 Å². The van der Waals surface area contributed by atoms with Crippen LogP contribution in [-0.2, 0) is 4.79 Å². The zero-order valence-corrected chi connectivity index (χ0v) is 11.8. The maximum Gasteiger partial charge on any atom is 0.573 e. The summed E-state index contributed by atoms with van der Waals surface area (Å²) >= 11 is 3.03. The molecule has 0 spiro atoms. The first-order valence-corrected chi connectivity index (χ1v) is 6.71. The van der Waals surface area contributed by atoms with E-state index in [4.69, 9.17) is 0 Å². The molecule has 1 aliphatic heterocycles. The van der Waals surface area contributed by atoms with Gasteiger partial charge in [0.1, 0.15) is 5.75 Å². The molecular formula is C12H12BrF3N2O2. The summed E-state index contributed by atoms with van der Waals surface area (Å²) in [4.78, 5) is 11.0. The Bertz CT molecular complexity index is 508. The summed E-state index contributed by atoms with van der Waals surface area (Å²) in [5.74, 6) is -0.274. The minimum Gasteiger partial charge on any atom is -0.405 e. The van der Waals surface area contributed by atoms with E-state index in [1.54, 1.807) is 0 Å². The number of amides is 1. The average Bonchev–Trinajstić information content (AvgIpc) is 2.74. The van der Waals surface area contributed by atoms with Crippen LogP contribution >= 0.6 is 15.9 Å². The highest BCUT2D eigenvalue weighted by atomic mass is 79.9. The van der Waals surface area contributed by atoms with Crippen molar-refractivity contribution in [1.29, 1.82) is 0 Å². The van der Waals surface area contributed by atoms with Crippen LogP contribution in [0.4, 0.5) is 18.9 Å². The van der Waals surface area contributed by atoms with Gasteiger partial charge in [-0.25, -0.2) is 0 Å². The number of alkyl halides is 3. The van der Waals surface area contributed by atoms with Gasteiger partial charge in [0.25, 0.3) is 0 Å². The number of halogens is 4. The smallest absolute Gasteiger partial charge is 0.405 e. The molecule has 1 amide bonds. The molecule has 20 heavy (non-hydrogen) atoms. The van der Waals surface area contributed by atoms with E-state index in [1.165, 1.54) is 18.2 Å². The highest BCUT2D eigenvalue weighted by Crippen LogP contribution is 2.32. The minimum atomic E-state index is -4.72. The van der Waals surface area contributed by atoms with Gasteiger partial charge in [-0.2, -0.15) is 0 Å². The highest BCUT2D eigenvalue weighted by molar-refractivity contribution is 9.10. The lowest BCUT2D eigenvalue weighted by Crippen LogP contribution is -2.31. The number of anilines is 1. The Labute approximate surface area is 121 Å². The zero-order valence-electron chi connectivity index (χ0n) is 10.3. The van der Waals surface area contributed by atoms with Gasteiger partial charge < -0.3 is 15.4 Å². The summed E-state index contributed by atoms with van der Waals surface area (Å²) < 4.78 is 40.4. The number of rotatable bonds is 4. The first kappa shape index (κ1) is 15.0. The SMILES string of the molecule is O=C1CCC(CNc2ccc(OC(F)(F)F)c(Br)c2)N1. The molecule has 1 saturated heterocycles. The third kappa shape index (κ3) is 4.29. The molecule has 8 heteroatoms.